The van der Waals surface area contributed by atoms with Crippen molar-refractivity contribution in [3.8, 4) is 22.5 Å². The van der Waals surface area contributed by atoms with Gasteiger partial charge in [0.05, 0.1) is 12.1 Å². The average molecular weight is 440 g/mol. The Labute approximate surface area is 192 Å². The molecule has 33 heavy (non-hydrogen) atoms. The van der Waals surface area contributed by atoms with Gasteiger partial charge < -0.3 is 10.1 Å². The fourth-order valence-electron chi connectivity index (χ4n) is 3.67. The van der Waals surface area contributed by atoms with E-state index in [-0.39, 0.29) is 5.97 Å². The van der Waals surface area contributed by atoms with Gasteiger partial charge in [-0.05, 0) is 36.6 Å². The third-order valence-electron chi connectivity index (χ3n) is 5.30. The first-order valence-corrected chi connectivity index (χ1v) is 11.0. The van der Waals surface area contributed by atoms with Crippen molar-refractivity contribution in [2.75, 3.05) is 18.5 Å². The molecule has 1 heterocycles. The van der Waals surface area contributed by atoms with Gasteiger partial charge in [0.2, 0.25) is 0 Å². The fraction of sp³-hybridized carbons (Fsp3) is 0.185. The first-order chi connectivity index (χ1) is 16.2. The van der Waals surface area contributed by atoms with Gasteiger partial charge in [0.25, 0.3) is 0 Å². The molecule has 4 rings (SSSR count). The van der Waals surface area contributed by atoms with Gasteiger partial charge in [-0.15, -0.1) is 0 Å². The summed E-state index contributed by atoms with van der Waals surface area (Å²) in [6.45, 7) is 2.80. The Hall–Kier alpha value is -4.06. The van der Waals surface area contributed by atoms with E-state index in [2.05, 4.69) is 5.32 Å². The highest BCUT2D eigenvalue weighted by Gasteiger charge is 2.11. The number of benzene rings is 3. The molecule has 0 radical (unpaired) electrons. The van der Waals surface area contributed by atoms with E-state index in [0.717, 1.165) is 39.7 Å². The van der Waals surface area contributed by atoms with Crippen LogP contribution in [0.5, 0.6) is 0 Å². The predicted molar refractivity (Wildman–Crippen MR) is 130 cm³/mol. The molecule has 6 nitrogen and oxygen atoms in total. The number of aromatic nitrogens is 2. The van der Waals surface area contributed by atoms with E-state index in [1.165, 1.54) is 0 Å². The summed E-state index contributed by atoms with van der Waals surface area (Å²) in [5.41, 5.74) is 4.22. The number of rotatable bonds is 9. The minimum Gasteiger partial charge on any atom is -0.466 e. The molecule has 3 aromatic carbocycles. The molecule has 6 heteroatoms. The Balaban J connectivity index is 1.59. The third-order valence-corrected chi connectivity index (χ3v) is 5.30. The molecule has 1 aromatic heterocycles. The van der Waals surface area contributed by atoms with Crippen molar-refractivity contribution in [1.29, 1.82) is 0 Å². The van der Waals surface area contributed by atoms with Crippen LogP contribution in [0.3, 0.4) is 0 Å². The van der Waals surface area contributed by atoms with Crippen molar-refractivity contribution < 1.29 is 14.3 Å². The van der Waals surface area contributed by atoms with Crippen molar-refractivity contribution in [3.05, 3.63) is 78.4 Å². The Morgan fingerprint density at radius 1 is 0.939 bits per heavy atom. The molecule has 0 aliphatic heterocycles. The maximum absolute atomic E-state index is 11.6. The molecule has 0 amide bonds. The van der Waals surface area contributed by atoms with E-state index in [1.807, 2.05) is 72.8 Å². The number of carbonyl (C=O) groups is 2. The van der Waals surface area contributed by atoms with Crippen LogP contribution in [0.4, 0.5) is 5.82 Å². The number of aldehydes is 1. The van der Waals surface area contributed by atoms with Crippen LogP contribution < -0.4 is 5.32 Å². The smallest absolute Gasteiger partial charge is 0.305 e. The van der Waals surface area contributed by atoms with Crippen molar-refractivity contribution >= 4 is 29.0 Å². The van der Waals surface area contributed by atoms with Gasteiger partial charge in [-0.2, -0.15) is 0 Å². The van der Waals surface area contributed by atoms with E-state index >= 15 is 0 Å². The van der Waals surface area contributed by atoms with Crippen molar-refractivity contribution in [2.45, 2.75) is 19.8 Å². The van der Waals surface area contributed by atoms with Crippen LogP contribution in [-0.4, -0.2) is 35.4 Å². The summed E-state index contributed by atoms with van der Waals surface area (Å²) in [7, 11) is 0. The van der Waals surface area contributed by atoms with E-state index in [4.69, 9.17) is 14.7 Å². The number of anilines is 1. The summed E-state index contributed by atoms with van der Waals surface area (Å²) in [5.74, 6) is 1.15. The summed E-state index contributed by atoms with van der Waals surface area (Å²) in [6, 6.07) is 23.2. The Bertz CT molecular complexity index is 1270. The predicted octanol–water partition coefficient (Wildman–Crippen LogP) is 5.53. The second kappa shape index (κ2) is 10.5. The minimum absolute atomic E-state index is 0.191. The fourth-order valence-corrected chi connectivity index (χ4v) is 3.67. The molecule has 0 saturated heterocycles. The molecule has 0 aliphatic carbocycles. The molecule has 0 unspecified atom stereocenters. The highest BCUT2D eigenvalue weighted by atomic mass is 16.5. The molecule has 0 atom stereocenters. The molecule has 0 fully saturated rings. The van der Waals surface area contributed by atoms with Crippen LogP contribution >= 0.6 is 0 Å². The molecule has 166 valence electrons. The number of para-hydroxylation sites is 1. The van der Waals surface area contributed by atoms with E-state index in [1.54, 1.807) is 6.92 Å². The zero-order valence-electron chi connectivity index (χ0n) is 18.5. The molecule has 0 spiro atoms. The number of hydrogen-bond donors (Lipinski definition) is 1. The summed E-state index contributed by atoms with van der Waals surface area (Å²) < 4.78 is 4.99. The normalized spacial score (nSPS) is 10.7. The zero-order chi connectivity index (χ0) is 23.0. The number of hydrogen-bond acceptors (Lipinski definition) is 6. The number of nitrogens with one attached hydrogen (secondary N) is 1. The number of ether oxygens (including phenoxy) is 1. The highest BCUT2D eigenvalue weighted by molar-refractivity contribution is 5.91. The minimum atomic E-state index is -0.191. The lowest BCUT2D eigenvalue weighted by Crippen LogP contribution is -2.09. The molecular weight excluding hydrogens is 414 g/mol. The Kier molecular flexibility index (Phi) is 7.05. The van der Waals surface area contributed by atoms with Crippen LogP contribution in [0.15, 0.2) is 72.8 Å². The lowest BCUT2D eigenvalue weighted by Gasteiger charge is -2.11. The second-order valence-corrected chi connectivity index (χ2v) is 7.53. The van der Waals surface area contributed by atoms with Gasteiger partial charge in [0.15, 0.2) is 12.1 Å². The average Bonchev–Trinajstić information content (AvgIpc) is 2.86. The van der Waals surface area contributed by atoms with Gasteiger partial charge in [-0.1, -0.05) is 60.7 Å². The summed E-state index contributed by atoms with van der Waals surface area (Å²) >= 11 is 0. The van der Waals surface area contributed by atoms with Crippen LogP contribution in [-0.2, 0) is 9.53 Å². The Morgan fingerprint density at radius 3 is 2.45 bits per heavy atom. The van der Waals surface area contributed by atoms with Gasteiger partial charge in [-0.3, -0.25) is 9.59 Å². The van der Waals surface area contributed by atoms with Crippen LogP contribution in [0.25, 0.3) is 33.4 Å². The summed E-state index contributed by atoms with van der Waals surface area (Å²) in [5, 5.41) is 4.27. The lowest BCUT2D eigenvalue weighted by molar-refractivity contribution is -0.143. The first-order valence-electron chi connectivity index (χ1n) is 11.0. The monoisotopic (exact) mass is 439 g/mol. The zero-order valence-corrected chi connectivity index (χ0v) is 18.5. The highest BCUT2D eigenvalue weighted by Crippen LogP contribution is 2.28. The largest absolute Gasteiger partial charge is 0.466 e. The quantitative estimate of drug-likeness (QED) is 0.210. The van der Waals surface area contributed by atoms with Gasteiger partial charge in [-0.25, -0.2) is 9.97 Å². The Morgan fingerprint density at radius 2 is 1.67 bits per heavy atom. The lowest BCUT2D eigenvalue weighted by atomic mass is 9.99. The standard InChI is InChI=1S/C27H25N3O3/c1-2-33-25(32)12-7-17-28-27-23-10-5-6-11-24(23)29-26(30-27)20-15-13-19(14-16-20)22-9-4-3-8-21(22)18-31/h3-6,8-11,13-16,18H,2,7,12,17H2,1H3,(H,28,29,30). The SMILES string of the molecule is CCOC(=O)CCCNc1nc(-c2ccc(-c3ccccc3C=O)cc2)nc2ccccc12. The molecule has 1 N–H and O–H groups in total. The maximum Gasteiger partial charge on any atom is 0.305 e. The van der Waals surface area contributed by atoms with Crippen molar-refractivity contribution in [3.63, 3.8) is 0 Å². The van der Waals surface area contributed by atoms with E-state index < -0.39 is 0 Å². The topological polar surface area (TPSA) is 81.2 Å². The first kappa shape index (κ1) is 22.1. The maximum atomic E-state index is 11.6. The van der Waals surface area contributed by atoms with E-state index in [0.29, 0.717) is 37.4 Å². The van der Waals surface area contributed by atoms with Crippen LogP contribution in [0.1, 0.15) is 30.1 Å². The van der Waals surface area contributed by atoms with Crippen molar-refractivity contribution in [1.82, 2.24) is 9.97 Å². The molecule has 0 bridgehead atoms. The molecular formula is C27H25N3O3. The van der Waals surface area contributed by atoms with Crippen LogP contribution in [0.2, 0.25) is 0 Å². The number of fused-ring (bicyclic) bond motifs is 1. The number of esters is 1. The third kappa shape index (κ3) is 5.23. The summed E-state index contributed by atoms with van der Waals surface area (Å²) in [4.78, 5) is 32.5. The number of carbonyl (C=O) groups excluding carboxylic acids is 2. The van der Waals surface area contributed by atoms with Crippen molar-refractivity contribution in [2.24, 2.45) is 0 Å². The molecule has 0 saturated carbocycles. The van der Waals surface area contributed by atoms with Gasteiger partial charge in [0.1, 0.15) is 5.82 Å². The molecule has 0 aliphatic rings. The van der Waals surface area contributed by atoms with Crippen LogP contribution in [0, 0.1) is 0 Å². The van der Waals surface area contributed by atoms with Gasteiger partial charge in [0, 0.05) is 29.5 Å². The number of nitrogens with zero attached hydrogens (tertiary/aromatic N) is 2. The summed E-state index contributed by atoms with van der Waals surface area (Å²) in [6.07, 6.45) is 1.88. The van der Waals surface area contributed by atoms with E-state index in [9.17, 15) is 9.59 Å². The second-order valence-electron chi connectivity index (χ2n) is 7.53. The van der Waals surface area contributed by atoms with Gasteiger partial charge >= 0.3 is 5.97 Å². The molecule has 4 aromatic rings.